The summed E-state index contributed by atoms with van der Waals surface area (Å²) in [6, 6.07) is 3.05. The van der Waals surface area contributed by atoms with Crippen LogP contribution >= 0.6 is 0 Å². The van der Waals surface area contributed by atoms with E-state index in [-0.39, 0.29) is 0 Å². The number of amides is 1. The number of nitrogens with two attached hydrogens (primary N) is 1. The molecule has 0 unspecified atom stereocenters. The molecule has 6 nitrogen and oxygen atoms in total. The van der Waals surface area contributed by atoms with Crippen molar-refractivity contribution < 1.29 is 18.8 Å². The Morgan fingerprint density at radius 1 is 1.25 bits per heavy atom. The molecule has 2 rings (SSSR count). The summed E-state index contributed by atoms with van der Waals surface area (Å²) in [6.45, 7) is 7.79. The van der Waals surface area contributed by atoms with Gasteiger partial charge in [-0.05, 0) is 33.8 Å². The largest absolute Gasteiger partial charge is 0.514 e. The molecular formula is C13H19BN2O4. The first-order chi connectivity index (χ1) is 9.16. The number of nitrogens with zero attached hydrogens (tertiary/aromatic N) is 1. The van der Waals surface area contributed by atoms with E-state index >= 15 is 0 Å². The highest BCUT2D eigenvalue weighted by Gasteiger charge is 2.52. The van der Waals surface area contributed by atoms with E-state index in [1.54, 1.807) is 6.07 Å². The van der Waals surface area contributed by atoms with Gasteiger partial charge in [-0.15, -0.1) is 0 Å². The van der Waals surface area contributed by atoms with Gasteiger partial charge in [0.25, 0.3) is 0 Å². The van der Waals surface area contributed by atoms with Gasteiger partial charge in [-0.1, -0.05) is 0 Å². The minimum Gasteiger partial charge on any atom is -0.481 e. The summed E-state index contributed by atoms with van der Waals surface area (Å²) in [5.41, 5.74) is 5.13. The smallest absolute Gasteiger partial charge is 0.481 e. The quantitative estimate of drug-likeness (QED) is 0.813. The Labute approximate surface area is 118 Å². The Hall–Kier alpha value is -1.60. The van der Waals surface area contributed by atoms with Crippen molar-refractivity contribution in [3.8, 4) is 5.88 Å². The fraction of sp³-hybridized carbons (Fsp3) is 0.538. The van der Waals surface area contributed by atoms with Gasteiger partial charge in [0.05, 0.1) is 23.9 Å². The lowest BCUT2D eigenvalue weighted by molar-refractivity contribution is 0.00578. The molecule has 2 heterocycles. The Kier molecular flexibility index (Phi) is 3.52. The minimum absolute atomic E-state index is 0.297. The minimum atomic E-state index is -0.659. The van der Waals surface area contributed by atoms with E-state index in [1.165, 1.54) is 13.2 Å². The third kappa shape index (κ3) is 2.51. The monoisotopic (exact) mass is 278 g/mol. The highest BCUT2D eigenvalue weighted by molar-refractivity contribution is 6.61. The molecule has 1 aliphatic rings. The number of hydrogen-bond donors (Lipinski definition) is 1. The molecule has 2 N–H and O–H groups in total. The van der Waals surface area contributed by atoms with E-state index in [2.05, 4.69) is 4.98 Å². The van der Waals surface area contributed by atoms with E-state index in [1.807, 2.05) is 27.7 Å². The molecule has 1 amide bonds. The molecule has 0 radical (unpaired) electrons. The van der Waals surface area contributed by atoms with Crippen LogP contribution in [0, 0.1) is 0 Å². The van der Waals surface area contributed by atoms with Gasteiger partial charge in [0.1, 0.15) is 0 Å². The number of primary amides is 1. The standard InChI is InChI=1S/C13H19BN2O4/c1-12(2)13(3,4)20-14(19-12)9-6-8(11(15)17)7-10(16-9)18-5/h6-7H,1-5H3,(H2,15,17). The van der Waals surface area contributed by atoms with Gasteiger partial charge in [-0.3, -0.25) is 4.79 Å². The molecule has 1 aromatic rings. The van der Waals surface area contributed by atoms with Gasteiger partial charge in [-0.2, -0.15) is 0 Å². The first kappa shape index (κ1) is 14.8. The van der Waals surface area contributed by atoms with E-state index in [0.717, 1.165) is 0 Å². The van der Waals surface area contributed by atoms with Crippen molar-refractivity contribution in [2.24, 2.45) is 5.73 Å². The second-order valence-electron chi connectivity index (χ2n) is 5.78. The van der Waals surface area contributed by atoms with Crippen LogP contribution in [0.15, 0.2) is 12.1 Å². The zero-order valence-electron chi connectivity index (χ0n) is 12.4. The Morgan fingerprint density at radius 2 is 1.80 bits per heavy atom. The van der Waals surface area contributed by atoms with Gasteiger partial charge in [0, 0.05) is 11.6 Å². The highest BCUT2D eigenvalue weighted by Crippen LogP contribution is 2.36. The molecule has 0 aromatic carbocycles. The van der Waals surface area contributed by atoms with Crippen LogP contribution in [0.5, 0.6) is 5.88 Å². The lowest BCUT2D eigenvalue weighted by Gasteiger charge is -2.32. The van der Waals surface area contributed by atoms with E-state index in [0.29, 0.717) is 17.0 Å². The maximum Gasteiger partial charge on any atom is 0.514 e. The molecule has 1 saturated heterocycles. The lowest BCUT2D eigenvalue weighted by atomic mass is 9.83. The Balaban J connectivity index is 2.39. The SMILES string of the molecule is COc1cc(C(N)=O)cc(B2OC(C)(C)C(C)(C)O2)n1. The predicted octanol–water partition coefficient (Wildman–Crippen LogP) is 0.488. The molecule has 0 saturated carbocycles. The number of pyridine rings is 1. The summed E-state index contributed by atoms with van der Waals surface area (Å²) in [5, 5.41) is 0. The summed E-state index contributed by atoms with van der Waals surface area (Å²) in [4.78, 5) is 15.6. The average Bonchev–Trinajstić information content (AvgIpc) is 2.58. The summed E-state index contributed by atoms with van der Waals surface area (Å²) in [5.74, 6) is -0.255. The predicted molar refractivity (Wildman–Crippen MR) is 75.0 cm³/mol. The number of methoxy groups -OCH3 is 1. The molecule has 0 aliphatic carbocycles. The van der Waals surface area contributed by atoms with Crippen LogP contribution in [0.3, 0.4) is 0 Å². The van der Waals surface area contributed by atoms with Crippen molar-refractivity contribution in [3.63, 3.8) is 0 Å². The molecule has 1 fully saturated rings. The Bertz CT molecular complexity index is 529. The van der Waals surface area contributed by atoms with Gasteiger partial charge >= 0.3 is 7.12 Å². The third-order valence-electron chi connectivity index (χ3n) is 3.81. The highest BCUT2D eigenvalue weighted by atomic mass is 16.7. The number of aromatic nitrogens is 1. The molecule has 0 atom stereocenters. The van der Waals surface area contributed by atoms with E-state index in [4.69, 9.17) is 19.8 Å². The van der Waals surface area contributed by atoms with Crippen molar-refractivity contribution >= 4 is 18.6 Å². The normalized spacial score (nSPS) is 19.9. The molecule has 108 valence electrons. The van der Waals surface area contributed by atoms with Gasteiger partial charge in [0.2, 0.25) is 11.8 Å². The molecule has 0 spiro atoms. The maximum absolute atomic E-state index is 11.3. The first-order valence-corrected chi connectivity index (χ1v) is 6.38. The topological polar surface area (TPSA) is 83.7 Å². The van der Waals surface area contributed by atoms with Crippen LogP contribution in [-0.2, 0) is 9.31 Å². The van der Waals surface area contributed by atoms with Crippen LogP contribution in [0.2, 0.25) is 0 Å². The molecule has 1 aliphatic heterocycles. The molecular weight excluding hydrogens is 259 g/mol. The number of rotatable bonds is 3. The van der Waals surface area contributed by atoms with E-state index in [9.17, 15) is 4.79 Å². The van der Waals surface area contributed by atoms with Crippen molar-refractivity contribution in [1.29, 1.82) is 0 Å². The summed E-state index contributed by atoms with van der Waals surface area (Å²) in [6.07, 6.45) is 0. The fourth-order valence-corrected chi connectivity index (χ4v) is 1.86. The maximum atomic E-state index is 11.3. The first-order valence-electron chi connectivity index (χ1n) is 6.38. The van der Waals surface area contributed by atoms with Crippen molar-refractivity contribution in [2.75, 3.05) is 7.11 Å². The molecule has 1 aromatic heterocycles. The number of carbonyl (C=O) groups is 1. The van der Waals surface area contributed by atoms with Crippen LogP contribution < -0.4 is 16.1 Å². The average molecular weight is 278 g/mol. The second kappa shape index (κ2) is 4.75. The Morgan fingerprint density at radius 3 is 2.25 bits per heavy atom. The lowest BCUT2D eigenvalue weighted by Crippen LogP contribution is -2.41. The number of hydrogen-bond acceptors (Lipinski definition) is 5. The number of ether oxygens (including phenoxy) is 1. The van der Waals surface area contributed by atoms with Crippen LogP contribution in [0.25, 0.3) is 0 Å². The fourth-order valence-electron chi connectivity index (χ4n) is 1.86. The van der Waals surface area contributed by atoms with Crippen LogP contribution in [0.1, 0.15) is 38.1 Å². The zero-order valence-corrected chi connectivity index (χ0v) is 12.4. The molecule has 0 bridgehead atoms. The summed E-state index contributed by atoms with van der Waals surface area (Å²) in [7, 11) is 0.814. The third-order valence-corrected chi connectivity index (χ3v) is 3.81. The van der Waals surface area contributed by atoms with Crippen LogP contribution in [-0.4, -0.2) is 36.3 Å². The van der Waals surface area contributed by atoms with Crippen molar-refractivity contribution in [1.82, 2.24) is 4.98 Å². The van der Waals surface area contributed by atoms with Crippen LogP contribution in [0.4, 0.5) is 0 Å². The molecule has 20 heavy (non-hydrogen) atoms. The zero-order chi connectivity index (χ0) is 15.1. The van der Waals surface area contributed by atoms with Gasteiger partial charge in [0.15, 0.2) is 0 Å². The van der Waals surface area contributed by atoms with E-state index < -0.39 is 24.2 Å². The van der Waals surface area contributed by atoms with Crippen molar-refractivity contribution in [3.05, 3.63) is 17.7 Å². The summed E-state index contributed by atoms with van der Waals surface area (Å²) < 4.78 is 16.9. The number of carbonyl (C=O) groups excluding carboxylic acids is 1. The van der Waals surface area contributed by atoms with Crippen molar-refractivity contribution in [2.45, 2.75) is 38.9 Å². The van der Waals surface area contributed by atoms with Gasteiger partial charge in [-0.25, -0.2) is 4.98 Å². The molecule has 7 heteroatoms. The second-order valence-corrected chi connectivity index (χ2v) is 5.78. The van der Waals surface area contributed by atoms with Gasteiger partial charge < -0.3 is 19.8 Å². The summed E-state index contributed by atoms with van der Waals surface area (Å²) >= 11 is 0.